The fourth-order valence-electron chi connectivity index (χ4n) is 4.87. The first-order valence-electron chi connectivity index (χ1n) is 11.4. The van der Waals surface area contributed by atoms with E-state index in [1.165, 1.54) is 37.1 Å². The van der Waals surface area contributed by atoms with Gasteiger partial charge in [-0.15, -0.1) is 0 Å². The van der Waals surface area contributed by atoms with Gasteiger partial charge in [0.2, 0.25) is 0 Å². The molecular formula is C24H36N6. The highest BCUT2D eigenvalue weighted by Crippen LogP contribution is 2.28. The van der Waals surface area contributed by atoms with Crippen LogP contribution in [0.4, 0.5) is 0 Å². The second-order valence-electron chi connectivity index (χ2n) is 8.95. The van der Waals surface area contributed by atoms with Gasteiger partial charge in [0.1, 0.15) is 0 Å². The van der Waals surface area contributed by atoms with Crippen molar-refractivity contribution in [3.63, 3.8) is 0 Å². The number of aliphatic imine (C=N–C) groups is 1. The Balaban J connectivity index is 1.40. The number of rotatable bonds is 5. The van der Waals surface area contributed by atoms with Crippen molar-refractivity contribution in [2.45, 2.75) is 38.1 Å². The molecule has 2 aromatic rings. The predicted molar refractivity (Wildman–Crippen MR) is 123 cm³/mol. The largest absolute Gasteiger partial charge is 0.354 e. The van der Waals surface area contributed by atoms with Crippen molar-refractivity contribution in [3.05, 3.63) is 53.9 Å². The van der Waals surface area contributed by atoms with Crippen LogP contribution in [-0.2, 0) is 7.05 Å². The average molecular weight is 409 g/mol. The lowest BCUT2D eigenvalue weighted by molar-refractivity contribution is 0.138. The predicted octanol–water partition coefficient (Wildman–Crippen LogP) is 3.26. The molecule has 2 aliphatic heterocycles. The molecular weight excluding hydrogens is 372 g/mol. The third-order valence-corrected chi connectivity index (χ3v) is 6.79. The lowest BCUT2D eigenvalue weighted by Gasteiger charge is -2.37. The summed E-state index contributed by atoms with van der Waals surface area (Å²) in [6, 6.07) is 11.3. The Kier molecular flexibility index (Phi) is 6.72. The first kappa shape index (κ1) is 20.9. The van der Waals surface area contributed by atoms with Crippen LogP contribution >= 0.6 is 0 Å². The highest BCUT2D eigenvalue weighted by Gasteiger charge is 2.29. The van der Waals surface area contributed by atoms with E-state index in [1.807, 2.05) is 25.0 Å². The smallest absolute Gasteiger partial charge is 0.193 e. The van der Waals surface area contributed by atoms with Gasteiger partial charge in [0.15, 0.2) is 5.96 Å². The van der Waals surface area contributed by atoms with Gasteiger partial charge in [-0.25, -0.2) is 0 Å². The molecule has 0 amide bonds. The van der Waals surface area contributed by atoms with Crippen LogP contribution in [0.1, 0.15) is 49.3 Å². The van der Waals surface area contributed by atoms with E-state index in [-0.39, 0.29) is 0 Å². The molecule has 1 N–H and O–H groups in total. The standard InChI is InChI=1S/C24H36N6/c1-19-9-12-29(13-10-19)23(20-7-5-4-6-8-20)16-26-24(25-2)30-14-11-21(18-30)22-15-27-28(3)17-22/h4-8,15,17,19,21,23H,9-14,16,18H2,1-3H3,(H,25,26). The van der Waals surface area contributed by atoms with Crippen LogP contribution in [0.5, 0.6) is 0 Å². The van der Waals surface area contributed by atoms with E-state index < -0.39 is 0 Å². The Hall–Kier alpha value is -2.34. The highest BCUT2D eigenvalue weighted by molar-refractivity contribution is 5.80. The summed E-state index contributed by atoms with van der Waals surface area (Å²) in [6.07, 6.45) is 7.88. The second-order valence-corrected chi connectivity index (χ2v) is 8.95. The number of aryl methyl sites for hydroxylation is 1. The normalized spacial score (nSPS) is 22.4. The van der Waals surface area contributed by atoms with Crippen LogP contribution in [0.2, 0.25) is 0 Å². The topological polar surface area (TPSA) is 48.7 Å². The molecule has 6 heteroatoms. The molecule has 0 radical (unpaired) electrons. The zero-order chi connectivity index (χ0) is 20.9. The molecule has 2 unspecified atom stereocenters. The fourth-order valence-corrected chi connectivity index (χ4v) is 4.87. The minimum absolute atomic E-state index is 0.382. The average Bonchev–Trinajstić information content (AvgIpc) is 3.42. The van der Waals surface area contributed by atoms with Crippen molar-refractivity contribution in [1.82, 2.24) is 24.9 Å². The molecule has 2 atom stereocenters. The van der Waals surface area contributed by atoms with Gasteiger partial charge in [-0.1, -0.05) is 37.3 Å². The minimum Gasteiger partial charge on any atom is -0.354 e. The Morgan fingerprint density at radius 1 is 1.17 bits per heavy atom. The summed E-state index contributed by atoms with van der Waals surface area (Å²) in [6.45, 7) is 7.65. The first-order valence-corrected chi connectivity index (χ1v) is 11.4. The Labute approximate surface area is 181 Å². The molecule has 4 rings (SSSR count). The highest BCUT2D eigenvalue weighted by atomic mass is 15.3. The number of guanidine groups is 1. The van der Waals surface area contributed by atoms with Crippen LogP contribution < -0.4 is 5.32 Å². The maximum atomic E-state index is 4.62. The third-order valence-electron chi connectivity index (χ3n) is 6.79. The molecule has 1 aromatic heterocycles. The second kappa shape index (κ2) is 9.65. The molecule has 30 heavy (non-hydrogen) atoms. The zero-order valence-electron chi connectivity index (χ0n) is 18.7. The van der Waals surface area contributed by atoms with Crippen molar-refractivity contribution in [2.24, 2.45) is 18.0 Å². The maximum Gasteiger partial charge on any atom is 0.193 e. The van der Waals surface area contributed by atoms with Crippen molar-refractivity contribution in [2.75, 3.05) is 39.8 Å². The minimum atomic E-state index is 0.382. The van der Waals surface area contributed by atoms with Crippen LogP contribution in [0.15, 0.2) is 47.7 Å². The van der Waals surface area contributed by atoms with E-state index in [0.717, 1.165) is 37.9 Å². The van der Waals surface area contributed by atoms with Crippen LogP contribution in [0.25, 0.3) is 0 Å². The number of nitrogens with zero attached hydrogens (tertiary/aromatic N) is 5. The molecule has 0 aliphatic carbocycles. The van der Waals surface area contributed by atoms with E-state index in [2.05, 4.69) is 68.7 Å². The van der Waals surface area contributed by atoms with E-state index in [0.29, 0.717) is 12.0 Å². The molecule has 1 aromatic carbocycles. The molecule has 0 spiro atoms. The van der Waals surface area contributed by atoms with E-state index >= 15 is 0 Å². The number of piperidine rings is 1. The molecule has 0 bridgehead atoms. The Morgan fingerprint density at radius 3 is 2.60 bits per heavy atom. The number of likely N-dealkylation sites (tertiary alicyclic amines) is 2. The summed E-state index contributed by atoms with van der Waals surface area (Å²) in [4.78, 5) is 9.67. The Bertz CT molecular complexity index is 821. The molecule has 2 aliphatic rings. The monoisotopic (exact) mass is 408 g/mol. The van der Waals surface area contributed by atoms with E-state index in [4.69, 9.17) is 0 Å². The molecule has 3 heterocycles. The van der Waals surface area contributed by atoms with E-state index in [1.54, 1.807) is 0 Å². The fraction of sp³-hybridized carbons (Fsp3) is 0.583. The zero-order valence-corrected chi connectivity index (χ0v) is 18.7. The van der Waals surface area contributed by atoms with E-state index in [9.17, 15) is 0 Å². The summed E-state index contributed by atoms with van der Waals surface area (Å²) >= 11 is 0. The van der Waals surface area contributed by atoms with Gasteiger partial charge in [-0.3, -0.25) is 14.6 Å². The van der Waals surface area contributed by atoms with Gasteiger partial charge in [-0.2, -0.15) is 5.10 Å². The van der Waals surface area contributed by atoms with Gasteiger partial charge in [0.25, 0.3) is 0 Å². The van der Waals surface area contributed by atoms with Crippen LogP contribution in [-0.4, -0.2) is 65.3 Å². The number of benzene rings is 1. The molecule has 2 saturated heterocycles. The summed E-state index contributed by atoms with van der Waals surface area (Å²) in [5.74, 6) is 2.39. The van der Waals surface area contributed by atoms with Crippen molar-refractivity contribution < 1.29 is 0 Å². The number of aromatic nitrogens is 2. The molecule has 0 saturated carbocycles. The van der Waals surface area contributed by atoms with Gasteiger partial charge in [0, 0.05) is 45.8 Å². The molecule has 2 fully saturated rings. The summed E-state index contributed by atoms with van der Waals surface area (Å²) < 4.78 is 1.90. The number of hydrogen-bond donors (Lipinski definition) is 1. The van der Waals surface area contributed by atoms with Gasteiger partial charge in [-0.05, 0) is 49.4 Å². The van der Waals surface area contributed by atoms with Gasteiger partial charge < -0.3 is 10.2 Å². The van der Waals surface area contributed by atoms with Crippen molar-refractivity contribution in [1.29, 1.82) is 0 Å². The summed E-state index contributed by atoms with van der Waals surface area (Å²) in [7, 11) is 3.89. The Morgan fingerprint density at radius 2 is 1.93 bits per heavy atom. The lowest BCUT2D eigenvalue weighted by atomic mass is 9.95. The quantitative estimate of drug-likeness (QED) is 0.609. The molecule has 6 nitrogen and oxygen atoms in total. The SMILES string of the molecule is CN=C(NCC(c1ccccc1)N1CCC(C)CC1)N1CCC(c2cnn(C)c2)C1. The lowest BCUT2D eigenvalue weighted by Crippen LogP contribution is -2.46. The van der Waals surface area contributed by atoms with Crippen molar-refractivity contribution >= 4 is 5.96 Å². The summed E-state index contributed by atoms with van der Waals surface area (Å²) in [5, 5.41) is 8.06. The van der Waals surface area contributed by atoms with Crippen LogP contribution in [0, 0.1) is 5.92 Å². The summed E-state index contributed by atoms with van der Waals surface area (Å²) in [5.41, 5.74) is 2.73. The third kappa shape index (κ3) is 4.86. The molecule has 162 valence electrons. The van der Waals surface area contributed by atoms with Gasteiger partial charge in [0.05, 0.1) is 12.2 Å². The first-order chi connectivity index (χ1) is 14.6. The maximum absolute atomic E-state index is 4.62. The number of nitrogens with one attached hydrogen (secondary N) is 1. The van der Waals surface area contributed by atoms with Gasteiger partial charge >= 0.3 is 0 Å². The van der Waals surface area contributed by atoms with Crippen LogP contribution in [0.3, 0.4) is 0 Å². The number of hydrogen-bond acceptors (Lipinski definition) is 3. The van der Waals surface area contributed by atoms with Crippen molar-refractivity contribution in [3.8, 4) is 0 Å².